The molecular formula is C17H16O2. The predicted octanol–water partition coefficient (Wildman–Crippen LogP) is 4.28. The number of carbonyl (C=O) groups is 1. The lowest BCUT2D eigenvalue weighted by Gasteiger charge is -2.01. The Labute approximate surface area is 113 Å². The van der Waals surface area contributed by atoms with Gasteiger partial charge in [-0.05, 0) is 22.8 Å². The lowest BCUT2D eigenvalue weighted by atomic mass is 10.0. The van der Waals surface area contributed by atoms with Crippen molar-refractivity contribution < 1.29 is 9.53 Å². The fourth-order valence-electron chi connectivity index (χ4n) is 1.69. The highest BCUT2D eigenvalue weighted by Crippen LogP contribution is 2.19. The maximum atomic E-state index is 11.0. The van der Waals surface area contributed by atoms with Gasteiger partial charge >= 0.3 is 5.97 Å². The van der Waals surface area contributed by atoms with Crippen LogP contribution in [0.1, 0.15) is 18.9 Å². The summed E-state index contributed by atoms with van der Waals surface area (Å²) in [4.78, 5) is 11.0. The van der Waals surface area contributed by atoms with Gasteiger partial charge in [-0.3, -0.25) is 4.79 Å². The zero-order chi connectivity index (χ0) is 13.5. The second kappa shape index (κ2) is 6.55. The van der Waals surface area contributed by atoms with E-state index in [4.69, 9.17) is 4.74 Å². The summed E-state index contributed by atoms with van der Waals surface area (Å²) in [5.74, 6) is -0.225. The third-order valence-electron chi connectivity index (χ3n) is 2.77. The molecule has 0 spiro atoms. The van der Waals surface area contributed by atoms with Crippen molar-refractivity contribution in [2.24, 2.45) is 0 Å². The van der Waals surface area contributed by atoms with Gasteiger partial charge in [0.15, 0.2) is 0 Å². The molecule has 0 amide bonds. The summed E-state index contributed by atoms with van der Waals surface area (Å²) < 4.78 is 4.89. The van der Waals surface area contributed by atoms with Gasteiger partial charge in [0.05, 0.1) is 6.26 Å². The first-order valence-electron chi connectivity index (χ1n) is 6.31. The molecule has 2 aromatic rings. The topological polar surface area (TPSA) is 26.3 Å². The van der Waals surface area contributed by atoms with E-state index >= 15 is 0 Å². The minimum atomic E-state index is -0.225. The number of hydrogen-bond acceptors (Lipinski definition) is 2. The normalized spacial score (nSPS) is 10.6. The van der Waals surface area contributed by atoms with Gasteiger partial charge in [-0.15, -0.1) is 0 Å². The number of carbonyl (C=O) groups excluding carboxylic acids is 1. The molecular weight excluding hydrogens is 236 g/mol. The van der Waals surface area contributed by atoms with Crippen LogP contribution in [0.15, 0.2) is 60.9 Å². The van der Waals surface area contributed by atoms with Crippen molar-refractivity contribution in [3.05, 3.63) is 66.4 Å². The molecule has 0 unspecified atom stereocenters. The molecule has 0 radical (unpaired) electrons. The van der Waals surface area contributed by atoms with E-state index in [1.807, 2.05) is 30.3 Å². The molecule has 0 saturated heterocycles. The van der Waals surface area contributed by atoms with E-state index < -0.39 is 0 Å². The highest BCUT2D eigenvalue weighted by Gasteiger charge is 1.96. The molecule has 0 bridgehead atoms. The molecule has 0 N–H and O–H groups in total. The van der Waals surface area contributed by atoms with Crippen LogP contribution in [-0.2, 0) is 9.53 Å². The lowest BCUT2D eigenvalue weighted by Crippen LogP contribution is -1.94. The fraction of sp³-hybridized carbons (Fsp3) is 0.118. The SMILES string of the molecule is CCC(=O)O/C=C/c1ccc(-c2ccccc2)cc1. The summed E-state index contributed by atoms with van der Waals surface area (Å²) in [5, 5.41) is 0. The van der Waals surface area contributed by atoms with E-state index in [1.54, 1.807) is 13.0 Å². The van der Waals surface area contributed by atoms with Gasteiger partial charge in [-0.2, -0.15) is 0 Å². The molecule has 0 aliphatic rings. The zero-order valence-electron chi connectivity index (χ0n) is 10.9. The van der Waals surface area contributed by atoms with Gasteiger partial charge in [0.1, 0.15) is 0 Å². The molecule has 2 rings (SSSR count). The van der Waals surface area contributed by atoms with Crippen LogP contribution in [0, 0.1) is 0 Å². The molecule has 2 aromatic carbocycles. The highest BCUT2D eigenvalue weighted by atomic mass is 16.5. The van der Waals surface area contributed by atoms with Crippen LogP contribution >= 0.6 is 0 Å². The van der Waals surface area contributed by atoms with Crippen LogP contribution in [0.25, 0.3) is 17.2 Å². The van der Waals surface area contributed by atoms with Gasteiger partial charge in [-0.25, -0.2) is 0 Å². The molecule has 0 heterocycles. The van der Waals surface area contributed by atoms with Gasteiger partial charge in [0.25, 0.3) is 0 Å². The minimum Gasteiger partial charge on any atom is -0.434 e. The second-order valence-corrected chi connectivity index (χ2v) is 4.13. The van der Waals surface area contributed by atoms with E-state index in [1.165, 1.54) is 17.4 Å². The average Bonchev–Trinajstić information content (AvgIpc) is 2.48. The highest BCUT2D eigenvalue weighted by molar-refractivity contribution is 5.70. The van der Waals surface area contributed by atoms with E-state index in [9.17, 15) is 4.79 Å². The smallest absolute Gasteiger partial charge is 0.310 e. The Hall–Kier alpha value is -2.35. The summed E-state index contributed by atoms with van der Waals surface area (Å²) in [6.45, 7) is 1.77. The number of benzene rings is 2. The van der Waals surface area contributed by atoms with Crippen LogP contribution in [-0.4, -0.2) is 5.97 Å². The molecule has 0 atom stereocenters. The Morgan fingerprint density at radius 1 is 1.00 bits per heavy atom. The van der Waals surface area contributed by atoms with Crippen molar-refractivity contribution in [1.82, 2.24) is 0 Å². The van der Waals surface area contributed by atoms with E-state index in [-0.39, 0.29) is 5.97 Å². The molecule has 0 aromatic heterocycles. The fourth-order valence-corrected chi connectivity index (χ4v) is 1.69. The Balaban J connectivity index is 2.05. The Morgan fingerprint density at radius 2 is 1.63 bits per heavy atom. The molecule has 19 heavy (non-hydrogen) atoms. The van der Waals surface area contributed by atoms with Crippen molar-refractivity contribution in [3.63, 3.8) is 0 Å². The van der Waals surface area contributed by atoms with Crippen molar-refractivity contribution in [2.45, 2.75) is 13.3 Å². The maximum absolute atomic E-state index is 11.0. The molecule has 2 nitrogen and oxygen atoms in total. The van der Waals surface area contributed by atoms with Crippen LogP contribution in [0.2, 0.25) is 0 Å². The summed E-state index contributed by atoms with van der Waals surface area (Å²) >= 11 is 0. The zero-order valence-corrected chi connectivity index (χ0v) is 10.9. The molecule has 0 aliphatic carbocycles. The van der Waals surface area contributed by atoms with Crippen molar-refractivity contribution in [3.8, 4) is 11.1 Å². The Kier molecular flexibility index (Phi) is 4.51. The van der Waals surface area contributed by atoms with Crippen LogP contribution in [0.4, 0.5) is 0 Å². The van der Waals surface area contributed by atoms with E-state index in [2.05, 4.69) is 24.3 Å². The summed E-state index contributed by atoms with van der Waals surface area (Å²) in [5.41, 5.74) is 3.36. The predicted molar refractivity (Wildman–Crippen MR) is 77.3 cm³/mol. The van der Waals surface area contributed by atoms with Crippen molar-refractivity contribution in [2.75, 3.05) is 0 Å². The van der Waals surface area contributed by atoms with Crippen LogP contribution in [0.3, 0.4) is 0 Å². The monoisotopic (exact) mass is 252 g/mol. The van der Waals surface area contributed by atoms with E-state index in [0.29, 0.717) is 6.42 Å². The molecule has 96 valence electrons. The first-order chi connectivity index (χ1) is 9.29. The van der Waals surface area contributed by atoms with Gasteiger partial charge < -0.3 is 4.74 Å². The number of ether oxygens (including phenoxy) is 1. The van der Waals surface area contributed by atoms with Crippen molar-refractivity contribution >= 4 is 12.0 Å². The van der Waals surface area contributed by atoms with Gasteiger partial charge in [-0.1, -0.05) is 61.5 Å². The number of hydrogen-bond donors (Lipinski definition) is 0. The standard InChI is InChI=1S/C17H16O2/c1-2-17(18)19-13-12-14-8-10-16(11-9-14)15-6-4-3-5-7-15/h3-13H,2H2,1H3/b13-12+. The molecule has 2 heteroatoms. The summed E-state index contributed by atoms with van der Waals surface area (Å²) in [6, 6.07) is 18.3. The Morgan fingerprint density at radius 3 is 2.26 bits per heavy atom. The average molecular weight is 252 g/mol. The van der Waals surface area contributed by atoms with Gasteiger partial charge in [0, 0.05) is 6.42 Å². The van der Waals surface area contributed by atoms with E-state index in [0.717, 1.165) is 5.56 Å². The minimum absolute atomic E-state index is 0.225. The number of esters is 1. The summed E-state index contributed by atoms with van der Waals surface area (Å²) in [7, 11) is 0. The molecule has 0 saturated carbocycles. The third-order valence-corrected chi connectivity index (χ3v) is 2.77. The second-order valence-electron chi connectivity index (χ2n) is 4.13. The quantitative estimate of drug-likeness (QED) is 0.599. The van der Waals surface area contributed by atoms with Crippen LogP contribution < -0.4 is 0 Å². The first-order valence-corrected chi connectivity index (χ1v) is 6.31. The maximum Gasteiger partial charge on any atom is 0.310 e. The molecule has 0 fully saturated rings. The van der Waals surface area contributed by atoms with Gasteiger partial charge in [0.2, 0.25) is 0 Å². The Bertz CT molecular complexity index is 554. The van der Waals surface area contributed by atoms with Crippen LogP contribution in [0.5, 0.6) is 0 Å². The largest absolute Gasteiger partial charge is 0.434 e. The molecule has 0 aliphatic heterocycles. The summed E-state index contributed by atoms with van der Waals surface area (Å²) in [6.07, 6.45) is 3.60. The van der Waals surface area contributed by atoms with Crippen molar-refractivity contribution in [1.29, 1.82) is 0 Å². The third kappa shape index (κ3) is 3.81. The number of rotatable bonds is 4. The first kappa shape index (κ1) is 13.1. The lowest BCUT2D eigenvalue weighted by molar-refractivity contribution is -0.137.